The predicted octanol–water partition coefficient (Wildman–Crippen LogP) is 3.07. The highest BCUT2D eigenvalue weighted by Gasteiger charge is 2.12. The standard InChI is InChI=1S/C9H5BrO3S/c10-6-2-8-4(1-7(6)11)5(3-14-8)9(12)13/h1-3,11H,(H,12,13). The van der Waals surface area contributed by atoms with E-state index in [1.165, 1.54) is 17.4 Å². The van der Waals surface area contributed by atoms with Crippen molar-refractivity contribution in [3.63, 3.8) is 0 Å². The minimum absolute atomic E-state index is 0.0541. The molecule has 5 heteroatoms. The molecule has 0 aliphatic carbocycles. The first-order chi connectivity index (χ1) is 6.59. The molecule has 14 heavy (non-hydrogen) atoms. The number of carboxylic acids is 1. The molecular formula is C9H5BrO3S. The summed E-state index contributed by atoms with van der Waals surface area (Å²) >= 11 is 4.52. The van der Waals surface area contributed by atoms with Gasteiger partial charge in [0.05, 0.1) is 10.0 Å². The second-order valence-electron chi connectivity index (χ2n) is 2.75. The molecule has 2 N–H and O–H groups in total. The van der Waals surface area contributed by atoms with Gasteiger partial charge in [-0.05, 0) is 28.1 Å². The molecular weight excluding hydrogens is 268 g/mol. The normalized spacial score (nSPS) is 10.6. The van der Waals surface area contributed by atoms with Gasteiger partial charge in [-0.2, -0.15) is 0 Å². The van der Waals surface area contributed by atoms with Crippen LogP contribution in [0.25, 0.3) is 10.1 Å². The summed E-state index contributed by atoms with van der Waals surface area (Å²) in [5.41, 5.74) is 0.229. The van der Waals surface area contributed by atoms with Crippen LogP contribution in [0.4, 0.5) is 0 Å². The van der Waals surface area contributed by atoms with Gasteiger partial charge in [0.15, 0.2) is 0 Å². The fourth-order valence-corrected chi connectivity index (χ4v) is 2.65. The third-order valence-corrected chi connectivity index (χ3v) is 3.45. The monoisotopic (exact) mass is 272 g/mol. The Morgan fingerprint density at radius 1 is 1.43 bits per heavy atom. The lowest BCUT2D eigenvalue weighted by Crippen LogP contribution is -1.93. The van der Waals surface area contributed by atoms with Gasteiger partial charge in [-0.15, -0.1) is 11.3 Å². The van der Waals surface area contributed by atoms with Gasteiger partial charge in [-0.1, -0.05) is 0 Å². The molecule has 0 aliphatic heterocycles. The Bertz CT molecular complexity index is 518. The van der Waals surface area contributed by atoms with Crippen molar-refractivity contribution < 1.29 is 15.0 Å². The highest BCUT2D eigenvalue weighted by atomic mass is 79.9. The molecule has 1 heterocycles. The van der Waals surface area contributed by atoms with E-state index in [1.54, 1.807) is 11.4 Å². The minimum atomic E-state index is -0.974. The molecule has 1 aromatic heterocycles. The van der Waals surface area contributed by atoms with Crippen LogP contribution in [0.5, 0.6) is 5.75 Å². The average molecular weight is 273 g/mol. The molecule has 72 valence electrons. The summed E-state index contributed by atoms with van der Waals surface area (Å²) in [6.45, 7) is 0. The van der Waals surface area contributed by atoms with E-state index < -0.39 is 5.97 Å². The number of rotatable bonds is 1. The molecule has 0 saturated heterocycles. The number of thiophene rings is 1. The van der Waals surface area contributed by atoms with E-state index in [2.05, 4.69) is 15.9 Å². The van der Waals surface area contributed by atoms with E-state index in [-0.39, 0.29) is 11.3 Å². The topological polar surface area (TPSA) is 57.5 Å². The van der Waals surface area contributed by atoms with E-state index >= 15 is 0 Å². The van der Waals surface area contributed by atoms with Gasteiger partial charge in [0.1, 0.15) is 5.75 Å². The first-order valence-corrected chi connectivity index (χ1v) is 5.40. The number of fused-ring (bicyclic) bond motifs is 1. The zero-order valence-electron chi connectivity index (χ0n) is 6.82. The van der Waals surface area contributed by atoms with Gasteiger partial charge in [0, 0.05) is 15.5 Å². The number of carbonyl (C=O) groups is 1. The maximum atomic E-state index is 10.8. The summed E-state index contributed by atoms with van der Waals surface area (Å²) < 4.78 is 1.41. The van der Waals surface area contributed by atoms with E-state index in [4.69, 9.17) is 5.11 Å². The largest absolute Gasteiger partial charge is 0.507 e. The lowest BCUT2D eigenvalue weighted by molar-refractivity contribution is 0.0699. The van der Waals surface area contributed by atoms with E-state index in [9.17, 15) is 9.90 Å². The summed E-state index contributed by atoms with van der Waals surface area (Å²) in [5.74, 6) is -0.920. The molecule has 0 spiro atoms. The molecule has 0 radical (unpaired) electrons. The lowest BCUT2D eigenvalue weighted by Gasteiger charge is -1.97. The number of carboxylic acid groups (broad SMARTS) is 1. The third-order valence-electron chi connectivity index (χ3n) is 1.87. The average Bonchev–Trinajstić information content (AvgIpc) is 2.48. The van der Waals surface area contributed by atoms with E-state index in [0.29, 0.717) is 9.86 Å². The number of aromatic hydroxyl groups is 1. The first kappa shape index (κ1) is 9.48. The van der Waals surface area contributed by atoms with Crippen molar-refractivity contribution in [1.82, 2.24) is 0 Å². The first-order valence-electron chi connectivity index (χ1n) is 3.72. The Kier molecular flexibility index (Phi) is 2.20. The number of hydrogen-bond donors (Lipinski definition) is 2. The van der Waals surface area contributed by atoms with Crippen molar-refractivity contribution in [1.29, 1.82) is 0 Å². The van der Waals surface area contributed by atoms with Crippen molar-refractivity contribution in [2.24, 2.45) is 0 Å². The summed E-state index contributed by atoms with van der Waals surface area (Å²) in [5, 5.41) is 20.4. The number of phenolic OH excluding ortho intramolecular Hbond substituents is 1. The molecule has 2 aromatic rings. The number of hydrogen-bond acceptors (Lipinski definition) is 3. The molecule has 1 aromatic carbocycles. The zero-order chi connectivity index (χ0) is 10.3. The number of aromatic carboxylic acids is 1. The second kappa shape index (κ2) is 3.25. The van der Waals surface area contributed by atoms with Gasteiger partial charge < -0.3 is 10.2 Å². The van der Waals surface area contributed by atoms with Crippen LogP contribution in [0.15, 0.2) is 22.0 Å². The molecule has 0 fully saturated rings. The van der Waals surface area contributed by atoms with E-state index in [1.807, 2.05) is 0 Å². The zero-order valence-corrected chi connectivity index (χ0v) is 9.22. The number of benzene rings is 1. The highest BCUT2D eigenvalue weighted by molar-refractivity contribution is 9.10. The molecule has 0 saturated carbocycles. The van der Waals surface area contributed by atoms with E-state index in [0.717, 1.165) is 4.70 Å². The maximum absolute atomic E-state index is 10.8. The lowest BCUT2D eigenvalue weighted by atomic mass is 10.2. The highest BCUT2D eigenvalue weighted by Crippen LogP contribution is 2.34. The number of phenols is 1. The van der Waals surface area contributed by atoms with Crippen LogP contribution in [-0.4, -0.2) is 16.2 Å². The molecule has 2 rings (SSSR count). The van der Waals surface area contributed by atoms with Crippen molar-refractivity contribution in [3.05, 3.63) is 27.5 Å². The summed E-state index contributed by atoms with van der Waals surface area (Å²) in [4.78, 5) is 10.8. The fourth-order valence-electron chi connectivity index (χ4n) is 1.20. The van der Waals surface area contributed by atoms with Gasteiger partial charge >= 0.3 is 5.97 Å². The van der Waals surface area contributed by atoms with Crippen molar-refractivity contribution in [2.45, 2.75) is 0 Å². The summed E-state index contributed by atoms with van der Waals surface area (Å²) in [7, 11) is 0. The van der Waals surface area contributed by atoms with Crippen molar-refractivity contribution in [3.8, 4) is 5.75 Å². The van der Waals surface area contributed by atoms with Crippen LogP contribution in [0, 0.1) is 0 Å². The molecule has 0 aliphatic rings. The minimum Gasteiger partial charge on any atom is -0.507 e. The second-order valence-corrected chi connectivity index (χ2v) is 4.52. The summed E-state index contributed by atoms with van der Waals surface area (Å²) in [6.07, 6.45) is 0. The molecule has 0 atom stereocenters. The third kappa shape index (κ3) is 1.38. The van der Waals surface area contributed by atoms with Crippen molar-refractivity contribution in [2.75, 3.05) is 0 Å². The van der Waals surface area contributed by atoms with Crippen LogP contribution in [-0.2, 0) is 0 Å². The SMILES string of the molecule is O=C(O)c1csc2cc(Br)c(O)cc12. The summed E-state index contributed by atoms with van der Waals surface area (Å²) in [6, 6.07) is 3.17. The molecule has 0 bridgehead atoms. The smallest absolute Gasteiger partial charge is 0.337 e. The number of halogens is 1. The maximum Gasteiger partial charge on any atom is 0.337 e. The van der Waals surface area contributed by atoms with Crippen LogP contribution in [0.1, 0.15) is 10.4 Å². The molecule has 0 unspecified atom stereocenters. The van der Waals surface area contributed by atoms with Crippen LogP contribution in [0.3, 0.4) is 0 Å². The van der Waals surface area contributed by atoms with Gasteiger partial charge in [-0.3, -0.25) is 0 Å². The Hall–Kier alpha value is -1.07. The van der Waals surface area contributed by atoms with Gasteiger partial charge in [0.25, 0.3) is 0 Å². The Labute approximate surface area is 91.7 Å². The van der Waals surface area contributed by atoms with Crippen LogP contribution < -0.4 is 0 Å². The molecule has 0 amide bonds. The Morgan fingerprint density at radius 2 is 2.14 bits per heavy atom. The van der Waals surface area contributed by atoms with Gasteiger partial charge in [0.2, 0.25) is 0 Å². The van der Waals surface area contributed by atoms with Crippen LogP contribution >= 0.6 is 27.3 Å². The Balaban J connectivity index is 2.80. The predicted molar refractivity (Wildman–Crippen MR) is 58.1 cm³/mol. The molecule has 3 nitrogen and oxygen atoms in total. The fraction of sp³-hybridized carbons (Fsp3) is 0. The van der Waals surface area contributed by atoms with Crippen LogP contribution in [0.2, 0.25) is 0 Å². The quantitative estimate of drug-likeness (QED) is 0.839. The van der Waals surface area contributed by atoms with Gasteiger partial charge in [-0.25, -0.2) is 4.79 Å². The Morgan fingerprint density at radius 3 is 2.79 bits per heavy atom. The van der Waals surface area contributed by atoms with Crippen molar-refractivity contribution >= 4 is 43.3 Å².